The van der Waals surface area contributed by atoms with E-state index in [1.807, 2.05) is 6.92 Å². The third kappa shape index (κ3) is 26.0. The summed E-state index contributed by atoms with van der Waals surface area (Å²) < 4.78 is 0. The maximum absolute atomic E-state index is 12.7. The number of nitrogens with zero attached hydrogens (tertiary/aromatic N) is 3. The summed E-state index contributed by atoms with van der Waals surface area (Å²) in [6.45, 7) is 4.74. The number of rotatable bonds is 39. The lowest BCUT2D eigenvalue weighted by Gasteiger charge is -2.20. The summed E-state index contributed by atoms with van der Waals surface area (Å²) >= 11 is 0. The monoisotopic (exact) mass is 1010 g/mol. The number of hydrogen-bond acceptors (Lipinski definition) is 13. The van der Waals surface area contributed by atoms with Crippen LogP contribution in [0, 0.1) is 0 Å². The van der Waals surface area contributed by atoms with Gasteiger partial charge in [-0.3, -0.25) is 72.2 Å². The summed E-state index contributed by atoms with van der Waals surface area (Å²) in [4.78, 5) is 142. The third-order valence-corrected chi connectivity index (χ3v) is 12.1. The Morgan fingerprint density at radius 2 is 0.819 bits per heavy atom. The van der Waals surface area contributed by atoms with Gasteiger partial charge in [-0.2, -0.15) is 0 Å². The zero-order valence-electron chi connectivity index (χ0n) is 42.2. The summed E-state index contributed by atoms with van der Waals surface area (Å²) in [5.41, 5.74) is 5.15. The van der Waals surface area contributed by atoms with Crippen LogP contribution in [0.4, 0.5) is 0 Å². The molecule has 8 N–H and O–H groups in total. The molecular weight excluding hydrogens is 933 g/mol. The molecule has 72 heavy (non-hydrogen) atoms. The van der Waals surface area contributed by atoms with Gasteiger partial charge in [0.1, 0.15) is 6.04 Å². The second kappa shape index (κ2) is 36.4. The van der Waals surface area contributed by atoms with Gasteiger partial charge in [0.05, 0.1) is 6.04 Å². The smallest absolute Gasteiger partial charge is 0.253 e. The van der Waals surface area contributed by atoms with E-state index < -0.39 is 11.9 Å². The van der Waals surface area contributed by atoms with Crippen molar-refractivity contribution in [3.05, 3.63) is 36.5 Å². The molecule has 3 rings (SSSR count). The molecule has 0 fully saturated rings. The van der Waals surface area contributed by atoms with Crippen molar-refractivity contribution in [1.29, 1.82) is 0 Å². The average molecular weight is 1010 g/mol. The number of carbonyl (C=O) groups is 12. The zero-order chi connectivity index (χ0) is 53.1. The van der Waals surface area contributed by atoms with Gasteiger partial charge in [0, 0.05) is 101 Å². The first kappa shape index (κ1) is 61.5. The first-order chi connectivity index (χ1) is 34.6. The van der Waals surface area contributed by atoms with E-state index in [2.05, 4.69) is 31.9 Å². The van der Waals surface area contributed by atoms with Crippen LogP contribution in [-0.4, -0.2) is 151 Å². The van der Waals surface area contributed by atoms with Gasteiger partial charge in [-0.1, -0.05) is 19.3 Å². The lowest BCUT2D eigenvalue weighted by atomic mass is 10.1. The molecule has 3 unspecified atom stereocenters. The summed E-state index contributed by atoms with van der Waals surface area (Å²) in [7, 11) is 1.76. The topological polar surface area (TPSA) is 313 Å². The van der Waals surface area contributed by atoms with Gasteiger partial charge < -0.3 is 37.6 Å². The summed E-state index contributed by atoms with van der Waals surface area (Å²) in [6.07, 6.45) is 22.1. The maximum Gasteiger partial charge on any atom is 0.253 e. The average Bonchev–Trinajstić information content (AvgIpc) is 3.97. The summed E-state index contributed by atoms with van der Waals surface area (Å²) in [5, 5.41) is 17.1. The fourth-order valence-electron chi connectivity index (χ4n) is 7.83. The van der Waals surface area contributed by atoms with Crippen LogP contribution in [0.15, 0.2) is 36.5 Å². The van der Waals surface area contributed by atoms with Crippen molar-refractivity contribution in [2.45, 2.75) is 160 Å². The predicted octanol–water partition coefficient (Wildman–Crippen LogP) is 0.981. The van der Waals surface area contributed by atoms with Crippen LogP contribution in [0.1, 0.15) is 142 Å². The van der Waals surface area contributed by atoms with E-state index in [1.165, 1.54) is 51.2 Å². The molecule has 0 aromatic heterocycles. The van der Waals surface area contributed by atoms with Gasteiger partial charge >= 0.3 is 0 Å². The van der Waals surface area contributed by atoms with Gasteiger partial charge in [-0.25, -0.2) is 0 Å². The van der Waals surface area contributed by atoms with Crippen LogP contribution >= 0.6 is 0 Å². The van der Waals surface area contributed by atoms with Crippen LogP contribution < -0.4 is 37.6 Å². The van der Waals surface area contributed by atoms with E-state index >= 15 is 0 Å². The van der Waals surface area contributed by atoms with Crippen molar-refractivity contribution in [2.75, 3.05) is 46.3 Å². The molecule has 0 spiro atoms. The minimum absolute atomic E-state index is 0.00602. The molecule has 0 saturated heterocycles. The number of likely N-dealkylation sites (N-methyl/N-ethyl adjacent to an activating group) is 1. The number of amides is 12. The van der Waals surface area contributed by atoms with E-state index in [0.29, 0.717) is 129 Å². The van der Waals surface area contributed by atoms with Gasteiger partial charge in [0.2, 0.25) is 35.9 Å². The van der Waals surface area contributed by atoms with Gasteiger partial charge in [-0.15, -0.1) is 0 Å². The van der Waals surface area contributed by atoms with E-state index in [9.17, 15) is 57.5 Å². The van der Waals surface area contributed by atoms with Crippen molar-refractivity contribution < 1.29 is 57.5 Å². The highest BCUT2D eigenvalue weighted by molar-refractivity contribution is 6.14. The number of nitrogens with two attached hydrogens (primary N) is 1. The van der Waals surface area contributed by atoms with Crippen molar-refractivity contribution in [3.63, 3.8) is 0 Å². The second-order valence-corrected chi connectivity index (χ2v) is 17.9. The standard InChI is InChI=1S/C33H52N6O7.C17H26N4O5/c1-25(13-7-9-21-35-27(40)15-5-3-11-23-38-29(42)17-18-30(38)43)37-33(46)26(34-2)14-8-10-22-36-28(41)16-6-4-12-24-39-31(44)19-20-32(39)45;18-17(26)13(20-12-22)6-3-4-10-19-14(23)7-2-1-5-11-21-15(24)8-9-16(21)25/h17-20,25-26,34H,3-16,21-24H2,1-2H3,(H,35,40)(H,36,41)(H,37,46);8-9,12-13H,1-7,10-11H2,(H2,18,26)(H,19,23)(H,20,22). The Hall–Kier alpha value is -6.58. The molecular formula is C50H78N10O12. The number of imide groups is 3. The van der Waals surface area contributed by atoms with E-state index in [4.69, 9.17) is 5.73 Å². The molecule has 3 aliphatic rings. The van der Waals surface area contributed by atoms with Crippen molar-refractivity contribution >= 4 is 71.4 Å². The molecule has 3 atom stereocenters. The van der Waals surface area contributed by atoms with Crippen LogP contribution in [0.3, 0.4) is 0 Å². The normalized spacial score (nSPS) is 15.1. The molecule has 0 bridgehead atoms. The molecule has 0 saturated carbocycles. The summed E-state index contributed by atoms with van der Waals surface area (Å²) in [6, 6.07) is -0.973. The highest BCUT2D eigenvalue weighted by Crippen LogP contribution is 2.11. The molecule has 3 heterocycles. The minimum atomic E-state index is -0.673. The molecule has 0 aromatic rings. The molecule has 0 aromatic carbocycles. The lowest BCUT2D eigenvalue weighted by molar-refractivity contribution is -0.138. The molecule has 0 aliphatic carbocycles. The fourth-order valence-corrected chi connectivity index (χ4v) is 7.83. The van der Waals surface area contributed by atoms with Gasteiger partial charge in [-0.05, 0) is 110 Å². The second-order valence-electron chi connectivity index (χ2n) is 17.9. The Kier molecular flexibility index (Phi) is 31.1. The van der Waals surface area contributed by atoms with Crippen molar-refractivity contribution in [3.8, 4) is 0 Å². The Balaban J connectivity index is 0.000000577. The molecule has 0 radical (unpaired) electrons. The first-order valence-electron chi connectivity index (χ1n) is 25.4. The SMILES string of the molecule is CNC(CCCCNC(=O)CCCCCN1C(=O)C=CC1=O)C(=O)NC(C)CCCCNC(=O)CCCCCN1C(=O)C=CC1=O.NC(=O)C(CCCCNC(=O)CCCCCN1C(=O)C=CC1=O)NC=O. The number of carbonyl (C=O) groups excluding carboxylic acids is 12. The van der Waals surface area contributed by atoms with E-state index in [-0.39, 0.29) is 71.2 Å². The number of nitrogens with one attached hydrogen (secondary N) is 6. The van der Waals surface area contributed by atoms with E-state index in [0.717, 1.165) is 51.4 Å². The number of primary amides is 1. The molecule has 400 valence electrons. The molecule has 12 amide bonds. The highest BCUT2D eigenvalue weighted by atomic mass is 16.2. The van der Waals surface area contributed by atoms with Crippen LogP contribution in [0.25, 0.3) is 0 Å². The summed E-state index contributed by atoms with van der Waals surface area (Å²) in [5.74, 6) is -2.38. The minimum Gasteiger partial charge on any atom is -0.368 e. The number of unbranched alkanes of at least 4 members (excludes halogenated alkanes) is 9. The van der Waals surface area contributed by atoms with Gasteiger partial charge in [0.15, 0.2) is 0 Å². The predicted molar refractivity (Wildman–Crippen MR) is 266 cm³/mol. The molecule has 22 heteroatoms. The highest BCUT2D eigenvalue weighted by Gasteiger charge is 2.25. The first-order valence-corrected chi connectivity index (χ1v) is 25.4. The Morgan fingerprint density at radius 3 is 1.14 bits per heavy atom. The molecule has 22 nitrogen and oxygen atoms in total. The van der Waals surface area contributed by atoms with Crippen molar-refractivity contribution in [1.82, 2.24) is 46.6 Å². The largest absolute Gasteiger partial charge is 0.368 e. The van der Waals surface area contributed by atoms with E-state index in [1.54, 1.807) is 7.05 Å². The Bertz CT molecular complexity index is 1880. The number of hydrogen-bond donors (Lipinski definition) is 7. The Morgan fingerprint density at radius 1 is 0.486 bits per heavy atom. The van der Waals surface area contributed by atoms with Gasteiger partial charge in [0.25, 0.3) is 35.4 Å². The fraction of sp³-hybridized carbons (Fsp3) is 0.640. The zero-order valence-corrected chi connectivity index (χ0v) is 42.2. The molecule has 3 aliphatic heterocycles. The lowest BCUT2D eigenvalue weighted by Crippen LogP contribution is -2.46. The maximum atomic E-state index is 12.7. The Labute approximate surface area is 422 Å². The van der Waals surface area contributed by atoms with Crippen LogP contribution in [0.2, 0.25) is 0 Å². The van der Waals surface area contributed by atoms with Crippen LogP contribution in [0.5, 0.6) is 0 Å². The quantitative estimate of drug-likeness (QED) is 0.0257. The third-order valence-electron chi connectivity index (χ3n) is 12.1. The van der Waals surface area contributed by atoms with Crippen molar-refractivity contribution in [2.24, 2.45) is 5.73 Å². The van der Waals surface area contributed by atoms with Crippen LogP contribution in [-0.2, 0) is 57.5 Å².